The molecule has 1 atom stereocenters. The van der Waals surface area contributed by atoms with E-state index in [1.54, 1.807) is 0 Å². The first-order chi connectivity index (χ1) is 9.00. The van der Waals surface area contributed by atoms with Crippen molar-refractivity contribution in [1.29, 1.82) is 0 Å². The fraction of sp³-hybridized carbons (Fsp3) is 0.600. The Balaban J connectivity index is 2.16. The van der Waals surface area contributed by atoms with Crippen LogP contribution in [0.2, 0.25) is 0 Å². The van der Waals surface area contributed by atoms with Crippen molar-refractivity contribution in [3.05, 3.63) is 18.2 Å². The van der Waals surface area contributed by atoms with E-state index < -0.39 is 5.60 Å². The molecule has 1 fully saturated rings. The predicted molar refractivity (Wildman–Crippen MR) is 78.7 cm³/mol. The van der Waals surface area contributed by atoms with E-state index in [1.165, 1.54) is 0 Å². The van der Waals surface area contributed by atoms with Crippen molar-refractivity contribution in [1.82, 2.24) is 0 Å². The van der Waals surface area contributed by atoms with Gasteiger partial charge in [0.05, 0.1) is 12.2 Å². The lowest BCUT2D eigenvalue weighted by atomic mass is 9.95. The van der Waals surface area contributed by atoms with Gasteiger partial charge < -0.3 is 20.5 Å². The number of hydrogen-bond donors (Lipinski definition) is 2. The summed E-state index contributed by atoms with van der Waals surface area (Å²) in [6.45, 7) is 6.26. The highest BCUT2D eigenvalue weighted by Crippen LogP contribution is 2.30. The molecular formula is C15H24N2O2. The predicted octanol–water partition coefficient (Wildman–Crippen LogP) is 2.41. The maximum Gasteiger partial charge on any atom is 0.123 e. The van der Waals surface area contributed by atoms with E-state index in [1.807, 2.05) is 25.1 Å². The van der Waals surface area contributed by atoms with E-state index in [4.69, 9.17) is 10.5 Å². The van der Waals surface area contributed by atoms with Crippen molar-refractivity contribution in [2.45, 2.75) is 38.7 Å². The second kappa shape index (κ2) is 5.70. The van der Waals surface area contributed by atoms with Gasteiger partial charge in [0.25, 0.3) is 0 Å². The number of β-amino-alcohol motifs (C(OH)–C–C–N with tert-alkyl or cyclic N) is 1. The van der Waals surface area contributed by atoms with E-state index >= 15 is 0 Å². The molecule has 1 unspecified atom stereocenters. The van der Waals surface area contributed by atoms with Gasteiger partial charge in [-0.1, -0.05) is 6.92 Å². The minimum absolute atomic E-state index is 0.618. The fourth-order valence-electron chi connectivity index (χ4n) is 2.53. The molecule has 1 aromatic rings. The van der Waals surface area contributed by atoms with Crippen molar-refractivity contribution < 1.29 is 9.84 Å². The molecular weight excluding hydrogens is 240 g/mol. The molecule has 0 spiro atoms. The zero-order chi connectivity index (χ0) is 13.9. The van der Waals surface area contributed by atoms with Gasteiger partial charge in [0.1, 0.15) is 5.75 Å². The van der Waals surface area contributed by atoms with E-state index in [0.717, 1.165) is 37.2 Å². The van der Waals surface area contributed by atoms with E-state index in [-0.39, 0.29) is 0 Å². The molecule has 1 aliphatic rings. The number of nitrogen functional groups attached to an aromatic ring is 1. The first kappa shape index (κ1) is 14.0. The Morgan fingerprint density at radius 1 is 1.42 bits per heavy atom. The van der Waals surface area contributed by atoms with Gasteiger partial charge in [0, 0.05) is 36.6 Å². The first-order valence-electron chi connectivity index (χ1n) is 7.01. The molecule has 2 rings (SSSR count). The Kier molecular flexibility index (Phi) is 4.20. The summed E-state index contributed by atoms with van der Waals surface area (Å²) >= 11 is 0. The quantitative estimate of drug-likeness (QED) is 0.820. The van der Waals surface area contributed by atoms with Gasteiger partial charge in [0.2, 0.25) is 0 Å². The summed E-state index contributed by atoms with van der Waals surface area (Å²) in [5, 5.41) is 10.2. The van der Waals surface area contributed by atoms with E-state index in [0.29, 0.717) is 18.8 Å². The van der Waals surface area contributed by atoms with Crippen LogP contribution in [0.25, 0.3) is 0 Å². The van der Waals surface area contributed by atoms with Crippen LogP contribution in [0.5, 0.6) is 5.75 Å². The van der Waals surface area contributed by atoms with Crippen molar-refractivity contribution >= 4 is 11.4 Å². The molecule has 1 heterocycles. The summed E-state index contributed by atoms with van der Waals surface area (Å²) in [6.07, 6.45) is 2.82. The molecule has 1 saturated heterocycles. The first-order valence-corrected chi connectivity index (χ1v) is 7.01. The molecule has 19 heavy (non-hydrogen) atoms. The van der Waals surface area contributed by atoms with Crippen molar-refractivity contribution in [2.75, 3.05) is 30.3 Å². The minimum atomic E-state index is -0.618. The normalized spacial score (nSPS) is 23.4. The third-order valence-corrected chi connectivity index (χ3v) is 3.43. The van der Waals surface area contributed by atoms with Crippen LogP contribution in [0.4, 0.5) is 11.4 Å². The molecule has 4 nitrogen and oxygen atoms in total. The summed E-state index contributed by atoms with van der Waals surface area (Å²) in [5.41, 5.74) is 7.05. The van der Waals surface area contributed by atoms with Crippen LogP contribution in [0.1, 0.15) is 33.1 Å². The maximum absolute atomic E-state index is 10.2. The standard InChI is InChI=1S/C15H24N2O2/c1-3-7-19-14-9-12(16)8-13(10-14)17-6-4-5-15(2,18)11-17/h8-10,18H,3-7,11,16H2,1-2H3. The van der Waals surface area contributed by atoms with Gasteiger partial charge in [-0.2, -0.15) is 0 Å². The minimum Gasteiger partial charge on any atom is -0.493 e. The number of ether oxygens (including phenoxy) is 1. The number of nitrogens with zero attached hydrogens (tertiary/aromatic N) is 1. The highest BCUT2D eigenvalue weighted by Gasteiger charge is 2.28. The molecule has 0 saturated carbocycles. The summed E-state index contributed by atoms with van der Waals surface area (Å²) in [4.78, 5) is 2.18. The number of benzene rings is 1. The van der Waals surface area contributed by atoms with Crippen LogP contribution < -0.4 is 15.4 Å². The van der Waals surface area contributed by atoms with Gasteiger partial charge in [-0.05, 0) is 32.3 Å². The van der Waals surface area contributed by atoms with Gasteiger partial charge in [-0.25, -0.2) is 0 Å². The van der Waals surface area contributed by atoms with Crippen LogP contribution in [0.15, 0.2) is 18.2 Å². The fourth-order valence-corrected chi connectivity index (χ4v) is 2.53. The number of anilines is 2. The number of piperidine rings is 1. The molecule has 0 radical (unpaired) electrons. The molecule has 1 aromatic carbocycles. The summed E-state index contributed by atoms with van der Waals surface area (Å²) in [6, 6.07) is 5.80. The van der Waals surface area contributed by atoms with Crippen molar-refractivity contribution in [3.8, 4) is 5.75 Å². The Labute approximate surface area is 115 Å². The number of hydrogen-bond acceptors (Lipinski definition) is 4. The Hall–Kier alpha value is -1.42. The molecule has 4 heteroatoms. The van der Waals surface area contributed by atoms with Crippen LogP contribution in [-0.4, -0.2) is 30.4 Å². The second-order valence-corrected chi connectivity index (χ2v) is 5.63. The molecule has 0 bridgehead atoms. The van der Waals surface area contributed by atoms with Gasteiger partial charge in [-0.15, -0.1) is 0 Å². The average Bonchev–Trinajstić information content (AvgIpc) is 2.34. The molecule has 0 aliphatic carbocycles. The maximum atomic E-state index is 10.2. The SMILES string of the molecule is CCCOc1cc(N)cc(N2CCCC(C)(O)C2)c1. The average molecular weight is 264 g/mol. The Morgan fingerprint density at radius 3 is 2.89 bits per heavy atom. The number of aliphatic hydroxyl groups is 1. The van der Waals surface area contributed by atoms with Crippen LogP contribution in [0.3, 0.4) is 0 Å². The van der Waals surface area contributed by atoms with Gasteiger partial charge in [0.15, 0.2) is 0 Å². The Morgan fingerprint density at radius 2 is 2.21 bits per heavy atom. The highest BCUT2D eigenvalue weighted by atomic mass is 16.5. The third kappa shape index (κ3) is 3.77. The van der Waals surface area contributed by atoms with Gasteiger partial charge >= 0.3 is 0 Å². The van der Waals surface area contributed by atoms with Crippen LogP contribution >= 0.6 is 0 Å². The molecule has 0 aromatic heterocycles. The number of rotatable bonds is 4. The molecule has 3 N–H and O–H groups in total. The van der Waals surface area contributed by atoms with Crippen LogP contribution in [-0.2, 0) is 0 Å². The molecule has 106 valence electrons. The Bertz CT molecular complexity index is 432. The largest absolute Gasteiger partial charge is 0.493 e. The highest BCUT2D eigenvalue weighted by molar-refractivity contribution is 5.61. The van der Waals surface area contributed by atoms with E-state index in [9.17, 15) is 5.11 Å². The topological polar surface area (TPSA) is 58.7 Å². The smallest absolute Gasteiger partial charge is 0.123 e. The lowest BCUT2D eigenvalue weighted by Crippen LogP contribution is -2.46. The summed E-state index contributed by atoms with van der Waals surface area (Å²) in [7, 11) is 0. The van der Waals surface area contributed by atoms with Crippen LogP contribution in [0, 0.1) is 0 Å². The number of nitrogens with two attached hydrogens (primary N) is 1. The lowest BCUT2D eigenvalue weighted by molar-refractivity contribution is 0.0449. The van der Waals surface area contributed by atoms with Crippen molar-refractivity contribution in [2.24, 2.45) is 0 Å². The lowest BCUT2D eigenvalue weighted by Gasteiger charge is -2.38. The summed E-state index contributed by atoms with van der Waals surface area (Å²) in [5.74, 6) is 0.807. The molecule has 1 aliphatic heterocycles. The zero-order valence-electron chi connectivity index (χ0n) is 11.9. The van der Waals surface area contributed by atoms with Gasteiger partial charge in [-0.3, -0.25) is 0 Å². The summed E-state index contributed by atoms with van der Waals surface area (Å²) < 4.78 is 5.65. The third-order valence-electron chi connectivity index (χ3n) is 3.43. The van der Waals surface area contributed by atoms with Crippen molar-refractivity contribution in [3.63, 3.8) is 0 Å². The zero-order valence-corrected chi connectivity index (χ0v) is 11.9. The van der Waals surface area contributed by atoms with E-state index in [2.05, 4.69) is 11.8 Å². The molecule has 0 amide bonds. The monoisotopic (exact) mass is 264 g/mol. The second-order valence-electron chi connectivity index (χ2n) is 5.63.